The number of ether oxygens (including phenoxy) is 2. The average Bonchev–Trinajstić information content (AvgIpc) is 1.58. The van der Waals surface area contributed by atoms with Crippen LogP contribution < -0.4 is 102 Å². The normalized spacial score (nSPS) is 18.3. The maximum Gasteiger partial charge on any atom is 0.340 e. The topological polar surface area (TPSA) is 601 Å². The highest BCUT2D eigenvalue weighted by Crippen LogP contribution is 2.57. The van der Waals surface area contributed by atoms with Gasteiger partial charge in [-0.3, -0.25) is 68.4 Å². The first-order valence-electron chi connectivity index (χ1n) is 36.7. The summed E-state index contributed by atoms with van der Waals surface area (Å²) in [6.45, 7) is 14.9. The van der Waals surface area contributed by atoms with Crippen LogP contribution in [-0.4, -0.2) is 185 Å². The highest BCUT2D eigenvalue weighted by atomic mass is 32.1. The Morgan fingerprint density at radius 3 is 1.77 bits per heavy atom. The first-order valence-corrected chi connectivity index (χ1v) is 37.1. The monoisotopic (exact) mass is 1570 g/mol. The highest BCUT2D eigenvalue weighted by Gasteiger charge is 2.54. The predicted octanol–water partition coefficient (Wildman–Crippen LogP) is -0.923. The molecule has 2 unspecified atom stereocenters. The van der Waals surface area contributed by atoms with Crippen molar-refractivity contribution in [3.05, 3.63) is 76.9 Å². The van der Waals surface area contributed by atoms with Crippen LogP contribution >= 0.6 is 12.2 Å². The molecule has 3 heterocycles. The second-order valence-corrected chi connectivity index (χ2v) is 30.2. The van der Waals surface area contributed by atoms with E-state index in [2.05, 4.69) is 74.4 Å². The number of esters is 1. The summed E-state index contributed by atoms with van der Waals surface area (Å²) in [6.07, 6.45) is -1.68. The molecule has 6 rings (SSSR count). The zero-order valence-electron chi connectivity index (χ0n) is 63.7. The Hall–Kier alpha value is -11.6. The molecule has 111 heavy (non-hydrogen) atoms. The number of carbonyl (C=O) groups excluding carboxylic acids is 13. The molecule has 26 N–H and O–H groups in total. The Kier molecular flexibility index (Phi) is 32.0. The molecule has 0 bridgehead atoms. The van der Waals surface area contributed by atoms with Crippen molar-refractivity contribution in [3.63, 3.8) is 0 Å². The summed E-state index contributed by atoms with van der Waals surface area (Å²) < 4.78 is 12.2. The van der Waals surface area contributed by atoms with E-state index in [4.69, 9.17) is 55.4 Å². The number of rotatable bonds is 34. The van der Waals surface area contributed by atoms with Crippen molar-refractivity contribution in [2.24, 2.45) is 46.1 Å². The van der Waals surface area contributed by atoms with Crippen molar-refractivity contribution in [2.75, 3.05) is 31.5 Å². The number of amides is 12. The third kappa shape index (κ3) is 26.0. The molecule has 0 saturated carbocycles. The fourth-order valence-corrected chi connectivity index (χ4v) is 12.9. The third-order valence-electron chi connectivity index (χ3n) is 18.3. The lowest BCUT2D eigenvalue weighted by Crippen LogP contribution is -2.63. The minimum atomic E-state index is -1.84. The van der Waals surface area contributed by atoms with Crippen LogP contribution in [0, 0.1) is 34.0 Å². The van der Waals surface area contributed by atoms with Gasteiger partial charge in [0.25, 0.3) is 0 Å². The van der Waals surface area contributed by atoms with E-state index in [0.29, 0.717) is 28.8 Å². The fraction of sp³-hybridized carbons (Fsp3) is 0.534. The summed E-state index contributed by atoms with van der Waals surface area (Å²) in [5, 5.41) is 73.3. The number of phenols is 2. The van der Waals surface area contributed by atoms with Crippen LogP contribution in [-0.2, 0) is 67.9 Å². The minimum Gasteiger partial charge on any atom is -0.508 e. The number of primary amides is 2. The van der Waals surface area contributed by atoms with Gasteiger partial charge in [0.15, 0.2) is 22.6 Å². The van der Waals surface area contributed by atoms with Gasteiger partial charge in [-0.05, 0) is 123 Å². The molecule has 12 amide bonds. The van der Waals surface area contributed by atoms with Crippen LogP contribution in [0.15, 0.2) is 54.6 Å². The van der Waals surface area contributed by atoms with Crippen LogP contribution in [0.2, 0.25) is 0 Å². The second-order valence-electron chi connectivity index (χ2n) is 29.7. The number of hydrogen-bond donors (Lipinski definition) is 22. The van der Waals surface area contributed by atoms with Gasteiger partial charge in [-0.1, -0.05) is 74.8 Å². The van der Waals surface area contributed by atoms with Crippen molar-refractivity contribution in [1.82, 2.24) is 69.1 Å². The van der Waals surface area contributed by atoms with Crippen LogP contribution in [0.4, 0.5) is 5.69 Å². The SMILES string of the molecule is CC[C@H](C)[C@@H]1NC(=O)C[C@H](NC(=O)[C@H](CCCNC(=N)N)NC(=O)CCNC(=S)Nc2ccc3c(c2)C(=O)OC32c3ccc(O)cc3Oc3cc(O)ccc32)C(=O)NCC(C(=O)N[C@@H](CCCNC(=N)N)C(=O)N[C@@H](CC(C)C)C(=O)NC(CC(C)(C)C)C(=O)N[C@@H](CCC(N)=O)C(N)=O)NC(=O)[C@H](CC(C)C)NC1=O. The smallest absolute Gasteiger partial charge is 0.340 e. The van der Waals surface area contributed by atoms with E-state index in [1.54, 1.807) is 86.6 Å². The van der Waals surface area contributed by atoms with Gasteiger partial charge in [0.2, 0.25) is 70.9 Å². The zero-order valence-corrected chi connectivity index (χ0v) is 64.5. The van der Waals surface area contributed by atoms with E-state index in [1.165, 1.54) is 30.3 Å². The van der Waals surface area contributed by atoms with Gasteiger partial charge < -0.3 is 117 Å². The number of aromatic hydroxyl groups is 2. The molecule has 3 aromatic carbocycles. The quantitative estimate of drug-likeness (QED) is 0.0113. The van der Waals surface area contributed by atoms with E-state index in [0.717, 1.165) is 0 Å². The lowest BCUT2D eigenvalue weighted by atomic mass is 9.77. The average molecular weight is 1570 g/mol. The first kappa shape index (κ1) is 88.3. The number of thiocarbonyl (C=S) groups is 1. The summed E-state index contributed by atoms with van der Waals surface area (Å²) in [5.74, 6) is -13.5. The van der Waals surface area contributed by atoms with Crippen molar-refractivity contribution in [3.8, 4) is 23.0 Å². The molecule has 1 fully saturated rings. The molecule has 1 spiro atoms. The van der Waals surface area contributed by atoms with E-state index in [-0.39, 0.29) is 129 Å². The highest BCUT2D eigenvalue weighted by molar-refractivity contribution is 7.80. The maximum atomic E-state index is 15.0. The summed E-state index contributed by atoms with van der Waals surface area (Å²) in [6, 6.07) is 0.0222. The van der Waals surface area contributed by atoms with E-state index in [9.17, 15) is 72.5 Å². The van der Waals surface area contributed by atoms with E-state index < -0.39 is 173 Å². The summed E-state index contributed by atoms with van der Waals surface area (Å²) in [7, 11) is 0. The Morgan fingerprint density at radius 2 is 1.21 bits per heavy atom. The Morgan fingerprint density at radius 1 is 0.640 bits per heavy atom. The molecular weight excluding hydrogens is 1460 g/mol. The molecule has 0 aromatic heterocycles. The molecular formula is C73H106N20O17S. The number of guanidine groups is 2. The molecule has 37 nitrogen and oxygen atoms in total. The van der Waals surface area contributed by atoms with Crippen molar-refractivity contribution >= 4 is 112 Å². The van der Waals surface area contributed by atoms with E-state index >= 15 is 0 Å². The van der Waals surface area contributed by atoms with Crippen LogP contribution in [0.5, 0.6) is 23.0 Å². The molecule has 606 valence electrons. The number of hydrogen-bond acceptors (Lipinski definition) is 20. The number of nitrogens with two attached hydrogens (primary N) is 4. The summed E-state index contributed by atoms with van der Waals surface area (Å²) in [4.78, 5) is 182. The minimum absolute atomic E-state index is 0.00335. The maximum absolute atomic E-state index is 15.0. The van der Waals surface area contributed by atoms with Gasteiger partial charge in [0.1, 0.15) is 77.4 Å². The van der Waals surface area contributed by atoms with Gasteiger partial charge in [-0.25, -0.2) is 4.79 Å². The molecule has 1 saturated heterocycles. The number of benzene rings is 3. The number of carbonyl (C=O) groups is 13. The zero-order chi connectivity index (χ0) is 82.4. The number of phenolic OH excluding ortho intramolecular Hbond substituents is 2. The standard InChI is InChI=1S/C73H106N20O17S/c1-10-37(6)58-67(107)90-49(28-36(4)5)64(104)92-52(66(106)87-47(14-12-25-81-70(78)79)62(102)88-48(27-35(2)3)63(103)91-51(33-72(7,8)9)65(105)86-45(59(75)99)21-22-55(74)96)34-83-60(100)50(32-57(98)93-58)89-61(101)46(13-11-24-80-69(76)77)85-56(97)23-26-82-71(111)84-38-15-18-42-41(29-38)68(108)110-73(42)43-19-16-39(94)30-53(43)109-54-31-40(95)17-20-44(54)73/h15-20,29-31,35-37,45-52,58,94-95H,10-14,21-28,32-34H2,1-9H3,(H2,74,96)(H2,75,99)(H,83,100)(H,85,97)(H,86,105)(H,87,106)(H,88,102)(H,89,101)(H,90,107)(H,91,103)(H,92,104)(H,93,98)(H4,76,77,80)(H4,78,79,81)(H2,82,84,111)/t37-,45-,46-,47-,48-,49-,50-,51?,52?,58-/m0/s1. The number of anilines is 1. The van der Waals surface area contributed by atoms with Gasteiger partial charge >= 0.3 is 5.97 Å². The molecule has 0 radical (unpaired) electrons. The van der Waals surface area contributed by atoms with Gasteiger partial charge in [0.05, 0.1) is 12.0 Å². The lowest BCUT2D eigenvalue weighted by Gasteiger charge is -2.36. The Labute approximate surface area is 647 Å². The van der Waals surface area contributed by atoms with Crippen LogP contribution in [0.3, 0.4) is 0 Å². The number of nitrogens with one attached hydrogen (secondary N) is 16. The second kappa shape index (κ2) is 40.2. The summed E-state index contributed by atoms with van der Waals surface area (Å²) >= 11 is 5.58. The largest absolute Gasteiger partial charge is 0.508 e. The van der Waals surface area contributed by atoms with E-state index in [1.807, 2.05) is 0 Å². The van der Waals surface area contributed by atoms with Crippen molar-refractivity contribution in [2.45, 2.75) is 199 Å². The van der Waals surface area contributed by atoms with Crippen molar-refractivity contribution < 1.29 is 82.0 Å². The van der Waals surface area contributed by atoms with Crippen LogP contribution in [0.25, 0.3) is 0 Å². The summed E-state index contributed by atoms with van der Waals surface area (Å²) in [5.41, 5.74) is 21.5. The molecule has 0 aliphatic carbocycles. The van der Waals surface area contributed by atoms with Gasteiger partial charge in [0, 0.05) is 73.5 Å². The van der Waals surface area contributed by atoms with Gasteiger partial charge in [-0.2, -0.15) is 0 Å². The lowest BCUT2D eigenvalue weighted by molar-refractivity contribution is -0.137. The molecule has 3 aromatic rings. The fourth-order valence-electron chi connectivity index (χ4n) is 12.7. The molecule has 3 aliphatic heterocycles. The number of fused-ring (bicyclic) bond motifs is 6. The molecule has 38 heteroatoms. The van der Waals surface area contributed by atoms with Crippen LogP contribution in [0.1, 0.15) is 166 Å². The molecule has 3 aliphatic rings. The van der Waals surface area contributed by atoms with Crippen molar-refractivity contribution in [1.29, 1.82) is 10.8 Å². The Bertz CT molecular complexity index is 3950. The first-order chi connectivity index (χ1) is 52.2. The third-order valence-corrected chi connectivity index (χ3v) is 18.6. The van der Waals surface area contributed by atoms with Gasteiger partial charge in [-0.15, -0.1) is 0 Å². The predicted molar refractivity (Wildman–Crippen MR) is 410 cm³/mol. The molecule has 10 atom stereocenters. The Balaban J connectivity index is 1.24.